The Balaban J connectivity index is 1.65. The lowest BCUT2D eigenvalue weighted by Crippen LogP contribution is -2.54. The van der Waals surface area contributed by atoms with Crippen molar-refractivity contribution in [2.45, 2.75) is 6.18 Å². The van der Waals surface area contributed by atoms with Gasteiger partial charge in [0.15, 0.2) is 0 Å². The maximum Gasteiger partial charge on any atom is 0.416 e. The van der Waals surface area contributed by atoms with E-state index in [1.54, 1.807) is 0 Å². The molecule has 0 aromatic heterocycles. The number of hydrogen-bond acceptors (Lipinski definition) is 7. The first kappa shape index (κ1) is 24.9. The second-order valence-electron chi connectivity index (χ2n) is 7.59. The molecule has 10 nitrogen and oxygen atoms in total. The molecule has 2 N–H and O–H groups in total. The molecule has 1 aliphatic rings. The van der Waals surface area contributed by atoms with Crippen LogP contribution >= 0.6 is 0 Å². The van der Waals surface area contributed by atoms with Crippen molar-refractivity contribution in [2.75, 3.05) is 4.90 Å². The van der Waals surface area contributed by atoms with E-state index in [1.807, 2.05) is 5.32 Å². The number of nitro benzene ring substituents is 1. The summed E-state index contributed by atoms with van der Waals surface area (Å²) in [6.07, 6.45) is -3.65. The van der Waals surface area contributed by atoms with Crippen LogP contribution in [0.5, 0.6) is 17.2 Å². The summed E-state index contributed by atoms with van der Waals surface area (Å²) in [5, 5.41) is 22.8. The zero-order valence-electron chi connectivity index (χ0n) is 18.4. The third kappa shape index (κ3) is 5.24. The first-order valence-corrected chi connectivity index (χ1v) is 10.3. The number of benzene rings is 3. The fourth-order valence-electron chi connectivity index (χ4n) is 3.38. The van der Waals surface area contributed by atoms with Crippen molar-refractivity contribution >= 4 is 35.3 Å². The second-order valence-corrected chi connectivity index (χ2v) is 7.59. The van der Waals surface area contributed by atoms with E-state index in [0.717, 1.165) is 12.1 Å². The number of hydrogen-bond donors (Lipinski definition) is 2. The van der Waals surface area contributed by atoms with Gasteiger partial charge in [-0.1, -0.05) is 12.1 Å². The molecule has 0 unspecified atom stereocenters. The molecule has 0 aliphatic carbocycles. The number of nitrogens with zero attached hydrogens (tertiary/aromatic N) is 2. The Morgan fingerprint density at radius 1 is 1.00 bits per heavy atom. The van der Waals surface area contributed by atoms with E-state index in [0.29, 0.717) is 17.0 Å². The number of aromatic hydroxyl groups is 1. The zero-order chi connectivity index (χ0) is 26.9. The number of imide groups is 2. The van der Waals surface area contributed by atoms with Crippen LogP contribution in [0.15, 0.2) is 72.3 Å². The first-order valence-electron chi connectivity index (χ1n) is 10.3. The van der Waals surface area contributed by atoms with Crippen LogP contribution in [0.1, 0.15) is 11.1 Å². The number of nitrogens with one attached hydrogen (secondary N) is 1. The fraction of sp³-hybridized carbons (Fsp3) is 0.0417. The van der Waals surface area contributed by atoms with Gasteiger partial charge < -0.3 is 9.84 Å². The van der Waals surface area contributed by atoms with E-state index in [1.165, 1.54) is 48.5 Å². The Morgan fingerprint density at radius 2 is 1.70 bits per heavy atom. The summed E-state index contributed by atoms with van der Waals surface area (Å²) in [6.45, 7) is 0. The minimum atomic E-state index is -4.79. The number of halogens is 3. The number of urea groups is 1. The average Bonchev–Trinajstić information content (AvgIpc) is 2.82. The number of phenols is 1. The Labute approximate surface area is 205 Å². The van der Waals surface area contributed by atoms with E-state index < -0.39 is 51.5 Å². The lowest BCUT2D eigenvalue weighted by atomic mass is 10.1. The molecule has 1 aliphatic heterocycles. The summed E-state index contributed by atoms with van der Waals surface area (Å²) in [6, 6.07) is 11.4. The molecule has 3 aromatic rings. The van der Waals surface area contributed by atoms with Gasteiger partial charge in [0.05, 0.1) is 16.2 Å². The molecule has 0 radical (unpaired) electrons. The third-order valence-corrected chi connectivity index (χ3v) is 5.09. The molecule has 0 atom stereocenters. The number of carbonyl (C=O) groups excluding carboxylic acids is 3. The van der Waals surface area contributed by atoms with Gasteiger partial charge in [-0.15, -0.1) is 0 Å². The lowest BCUT2D eigenvalue weighted by molar-refractivity contribution is -0.385. The molecule has 188 valence electrons. The Bertz CT molecular complexity index is 1470. The molecular weight excluding hydrogens is 499 g/mol. The maximum atomic E-state index is 13.0. The normalized spacial score (nSPS) is 15.1. The summed E-state index contributed by atoms with van der Waals surface area (Å²) in [5.74, 6) is -2.53. The number of barbiturate groups is 1. The molecule has 1 heterocycles. The fourth-order valence-corrected chi connectivity index (χ4v) is 3.38. The molecule has 0 bridgehead atoms. The van der Waals surface area contributed by atoms with E-state index in [2.05, 4.69) is 0 Å². The van der Waals surface area contributed by atoms with Crippen molar-refractivity contribution in [1.29, 1.82) is 0 Å². The van der Waals surface area contributed by atoms with Crippen LogP contribution in [0.25, 0.3) is 6.08 Å². The van der Waals surface area contributed by atoms with Gasteiger partial charge in [-0.3, -0.25) is 25.0 Å². The van der Waals surface area contributed by atoms with E-state index in [4.69, 9.17) is 4.74 Å². The van der Waals surface area contributed by atoms with Gasteiger partial charge in [0.1, 0.15) is 17.1 Å². The van der Waals surface area contributed by atoms with Crippen LogP contribution in [0.2, 0.25) is 0 Å². The van der Waals surface area contributed by atoms with Crippen LogP contribution < -0.4 is 15.0 Å². The maximum absolute atomic E-state index is 13.0. The van der Waals surface area contributed by atoms with Gasteiger partial charge in [0, 0.05) is 6.07 Å². The summed E-state index contributed by atoms with van der Waals surface area (Å²) in [7, 11) is 0. The number of alkyl halides is 3. The van der Waals surface area contributed by atoms with E-state index >= 15 is 0 Å². The van der Waals surface area contributed by atoms with Gasteiger partial charge in [-0.2, -0.15) is 13.2 Å². The van der Waals surface area contributed by atoms with E-state index in [-0.39, 0.29) is 22.7 Å². The quantitative estimate of drug-likeness (QED) is 0.217. The smallest absolute Gasteiger partial charge is 0.416 e. The van der Waals surface area contributed by atoms with Crippen LogP contribution in [-0.4, -0.2) is 27.9 Å². The van der Waals surface area contributed by atoms with Gasteiger partial charge >= 0.3 is 17.9 Å². The molecule has 1 saturated heterocycles. The van der Waals surface area contributed by atoms with Gasteiger partial charge in [0.2, 0.25) is 5.75 Å². The van der Waals surface area contributed by atoms with Crippen molar-refractivity contribution in [3.63, 3.8) is 0 Å². The second kappa shape index (κ2) is 9.45. The highest BCUT2D eigenvalue weighted by Crippen LogP contribution is 2.38. The SMILES string of the molecule is O=C1NC(=O)N(c2ccc(O)cc2)C(=O)/C1=C\c1cccc(Oc2ccc(C(F)(F)F)cc2[N+](=O)[O-])c1. The van der Waals surface area contributed by atoms with Crippen molar-refractivity contribution < 1.29 is 42.3 Å². The van der Waals surface area contributed by atoms with Crippen molar-refractivity contribution in [3.8, 4) is 17.2 Å². The largest absolute Gasteiger partial charge is 0.508 e. The standard InChI is InChI=1S/C24H14F3N3O7/c25-24(26,27)14-4-9-20(19(12-14)30(35)36)37-17-3-1-2-13(10-17)11-18-21(32)28-23(34)29(22(18)33)15-5-7-16(31)8-6-15/h1-12,31H,(H,28,32,34)/b18-11-. The Hall–Kier alpha value is -5.20. The minimum Gasteiger partial charge on any atom is -0.508 e. The molecule has 0 saturated carbocycles. The predicted molar refractivity (Wildman–Crippen MR) is 122 cm³/mol. The monoisotopic (exact) mass is 513 g/mol. The molecule has 0 spiro atoms. The molecule has 1 fully saturated rings. The summed E-state index contributed by atoms with van der Waals surface area (Å²) < 4.78 is 44.3. The topological polar surface area (TPSA) is 139 Å². The number of phenolic OH excluding ortho intramolecular Hbond substituents is 1. The van der Waals surface area contributed by atoms with Crippen molar-refractivity contribution in [3.05, 3.63) is 93.5 Å². The Morgan fingerprint density at radius 3 is 2.35 bits per heavy atom. The van der Waals surface area contributed by atoms with Crippen molar-refractivity contribution in [2.24, 2.45) is 0 Å². The lowest BCUT2D eigenvalue weighted by Gasteiger charge is -2.26. The molecule has 13 heteroatoms. The summed E-state index contributed by atoms with van der Waals surface area (Å²) in [5.41, 5.74) is -2.26. The van der Waals surface area contributed by atoms with Crippen LogP contribution in [0.4, 0.5) is 29.3 Å². The zero-order valence-corrected chi connectivity index (χ0v) is 18.4. The minimum absolute atomic E-state index is 0.0349. The molecule has 4 amide bonds. The number of anilines is 1. The van der Waals surface area contributed by atoms with Crippen molar-refractivity contribution in [1.82, 2.24) is 5.32 Å². The Kier molecular flexibility index (Phi) is 6.36. The first-order chi connectivity index (χ1) is 17.4. The number of carbonyl (C=O) groups is 3. The molecule has 3 aromatic carbocycles. The van der Waals surface area contributed by atoms with Crippen LogP contribution in [0.3, 0.4) is 0 Å². The highest BCUT2D eigenvalue weighted by molar-refractivity contribution is 6.39. The summed E-state index contributed by atoms with van der Waals surface area (Å²) in [4.78, 5) is 48.6. The van der Waals surface area contributed by atoms with Crippen LogP contribution in [-0.2, 0) is 15.8 Å². The highest BCUT2D eigenvalue weighted by atomic mass is 19.4. The van der Waals surface area contributed by atoms with Gasteiger partial charge in [0.25, 0.3) is 11.8 Å². The number of nitro groups is 1. The van der Waals surface area contributed by atoms with Crippen LogP contribution in [0, 0.1) is 10.1 Å². The summed E-state index contributed by atoms with van der Waals surface area (Å²) >= 11 is 0. The number of rotatable bonds is 5. The molecular formula is C24H14F3N3O7. The number of amides is 4. The average molecular weight is 513 g/mol. The predicted octanol–water partition coefficient (Wildman–Crippen LogP) is 4.78. The third-order valence-electron chi connectivity index (χ3n) is 5.09. The van der Waals surface area contributed by atoms with E-state index in [9.17, 15) is 42.8 Å². The molecule has 4 rings (SSSR count). The van der Waals surface area contributed by atoms with Gasteiger partial charge in [-0.25, -0.2) is 9.69 Å². The van der Waals surface area contributed by atoms with Gasteiger partial charge in [-0.05, 0) is 60.2 Å². The highest BCUT2D eigenvalue weighted by Gasteiger charge is 2.37. The number of ether oxygens (including phenoxy) is 1. The molecule has 37 heavy (non-hydrogen) atoms.